The fraction of sp³-hybridized carbons (Fsp3) is 0.533. The third-order valence-electron chi connectivity index (χ3n) is 2.85. The van der Waals surface area contributed by atoms with E-state index in [9.17, 15) is 4.79 Å². The predicted octanol–water partition coefficient (Wildman–Crippen LogP) is 3.52. The van der Waals surface area contributed by atoms with Gasteiger partial charge in [-0.25, -0.2) is 4.79 Å². The van der Waals surface area contributed by atoms with Crippen LogP contribution in [0.15, 0.2) is 18.2 Å². The third-order valence-corrected chi connectivity index (χ3v) is 3.28. The smallest absolute Gasteiger partial charge is 0.314 e. The van der Waals surface area contributed by atoms with E-state index in [1.807, 2.05) is 19.1 Å². The predicted molar refractivity (Wildman–Crippen MR) is 82.6 cm³/mol. The highest BCUT2D eigenvalue weighted by atomic mass is 35.5. The number of unbranched alkanes of at least 4 members (excludes halogenated alkanes) is 2. The van der Waals surface area contributed by atoms with Crippen molar-refractivity contribution >= 4 is 17.6 Å². The maximum atomic E-state index is 11.4. The largest absolute Gasteiger partial charge is 0.492 e. The van der Waals surface area contributed by atoms with Crippen LogP contribution in [0.3, 0.4) is 0 Å². The molecule has 0 fully saturated rings. The van der Waals surface area contributed by atoms with E-state index in [0.29, 0.717) is 13.2 Å². The standard InChI is InChI=1S/C15H23ClN2O2/c1-3-4-5-8-17-15(19)18-9-10-20-13-6-7-14(16)12(2)11-13/h6-7,11H,3-5,8-10H2,1-2H3,(H2,17,18,19). The van der Waals surface area contributed by atoms with Crippen LogP contribution in [-0.4, -0.2) is 25.7 Å². The summed E-state index contributed by atoms with van der Waals surface area (Å²) in [6.07, 6.45) is 3.31. The second-order valence-electron chi connectivity index (χ2n) is 4.65. The number of nitrogens with one attached hydrogen (secondary N) is 2. The molecule has 1 aromatic rings. The molecular formula is C15H23ClN2O2. The molecule has 0 bridgehead atoms. The second kappa shape index (κ2) is 9.48. The molecule has 0 unspecified atom stereocenters. The number of rotatable bonds is 8. The van der Waals surface area contributed by atoms with Gasteiger partial charge in [-0.15, -0.1) is 0 Å². The number of benzene rings is 1. The van der Waals surface area contributed by atoms with Crippen LogP contribution in [0.5, 0.6) is 5.75 Å². The van der Waals surface area contributed by atoms with Crippen LogP contribution in [0.4, 0.5) is 4.79 Å². The molecule has 0 aliphatic heterocycles. The first-order valence-electron chi connectivity index (χ1n) is 7.04. The zero-order valence-corrected chi connectivity index (χ0v) is 12.9. The Morgan fingerprint density at radius 1 is 1.25 bits per heavy atom. The highest BCUT2D eigenvalue weighted by Crippen LogP contribution is 2.20. The summed E-state index contributed by atoms with van der Waals surface area (Å²) in [7, 11) is 0. The van der Waals surface area contributed by atoms with Crippen molar-refractivity contribution in [1.82, 2.24) is 10.6 Å². The first kappa shape index (κ1) is 16.6. The molecule has 1 rings (SSSR count). The molecule has 0 aliphatic rings. The maximum Gasteiger partial charge on any atom is 0.314 e. The Hall–Kier alpha value is -1.42. The van der Waals surface area contributed by atoms with E-state index < -0.39 is 0 Å². The van der Waals surface area contributed by atoms with Crippen molar-refractivity contribution in [2.24, 2.45) is 0 Å². The third kappa shape index (κ3) is 6.66. The summed E-state index contributed by atoms with van der Waals surface area (Å²) in [6, 6.07) is 5.37. The van der Waals surface area contributed by atoms with Crippen molar-refractivity contribution in [1.29, 1.82) is 0 Å². The average molecular weight is 299 g/mol. The van der Waals surface area contributed by atoms with Gasteiger partial charge in [-0.1, -0.05) is 31.4 Å². The summed E-state index contributed by atoms with van der Waals surface area (Å²) in [5, 5.41) is 6.29. The minimum Gasteiger partial charge on any atom is -0.492 e. The van der Waals surface area contributed by atoms with Crippen molar-refractivity contribution in [3.05, 3.63) is 28.8 Å². The van der Waals surface area contributed by atoms with Crippen LogP contribution in [0.2, 0.25) is 5.02 Å². The molecule has 0 heterocycles. The number of carbonyl (C=O) groups is 1. The monoisotopic (exact) mass is 298 g/mol. The number of ether oxygens (including phenoxy) is 1. The van der Waals surface area contributed by atoms with Crippen molar-refractivity contribution in [2.45, 2.75) is 33.1 Å². The lowest BCUT2D eigenvalue weighted by atomic mass is 10.2. The number of carbonyl (C=O) groups excluding carboxylic acids is 1. The van der Waals surface area contributed by atoms with Crippen molar-refractivity contribution in [3.8, 4) is 5.75 Å². The maximum absolute atomic E-state index is 11.4. The molecule has 0 saturated heterocycles. The first-order valence-corrected chi connectivity index (χ1v) is 7.42. The van der Waals surface area contributed by atoms with E-state index in [1.165, 1.54) is 0 Å². The molecule has 1 aromatic carbocycles. The first-order chi connectivity index (χ1) is 9.63. The number of hydrogen-bond acceptors (Lipinski definition) is 2. The highest BCUT2D eigenvalue weighted by molar-refractivity contribution is 6.31. The Morgan fingerprint density at radius 2 is 2.00 bits per heavy atom. The van der Waals surface area contributed by atoms with Crippen LogP contribution in [-0.2, 0) is 0 Å². The van der Waals surface area contributed by atoms with Gasteiger partial charge in [0.1, 0.15) is 12.4 Å². The van der Waals surface area contributed by atoms with Gasteiger partial charge in [0.25, 0.3) is 0 Å². The van der Waals surface area contributed by atoms with Crippen LogP contribution in [0.25, 0.3) is 0 Å². The van der Waals surface area contributed by atoms with E-state index in [4.69, 9.17) is 16.3 Å². The minimum atomic E-state index is -0.142. The van der Waals surface area contributed by atoms with Crippen LogP contribution < -0.4 is 15.4 Å². The normalized spacial score (nSPS) is 10.2. The number of amides is 2. The van der Waals surface area contributed by atoms with E-state index in [2.05, 4.69) is 17.6 Å². The number of aryl methyl sites for hydroxylation is 1. The van der Waals surface area contributed by atoms with Crippen molar-refractivity contribution < 1.29 is 9.53 Å². The summed E-state index contributed by atoms with van der Waals surface area (Å²) in [5.74, 6) is 0.761. The lowest BCUT2D eigenvalue weighted by molar-refractivity contribution is 0.236. The molecule has 0 atom stereocenters. The van der Waals surface area contributed by atoms with Crippen LogP contribution in [0.1, 0.15) is 31.7 Å². The molecule has 112 valence electrons. The van der Waals surface area contributed by atoms with Gasteiger partial charge in [0.15, 0.2) is 0 Å². The molecule has 0 saturated carbocycles. The molecule has 0 radical (unpaired) electrons. The average Bonchev–Trinajstić information content (AvgIpc) is 2.43. The summed E-state index contributed by atoms with van der Waals surface area (Å²) in [6.45, 7) is 5.69. The van der Waals surface area contributed by atoms with Gasteiger partial charge in [-0.2, -0.15) is 0 Å². The van der Waals surface area contributed by atoms with Crippen molar-refractivity contribution in [3.63, 3.8) is 0 Å². The summed E-state index contributed by atoms with van der Waals surface area (Å²) >= 11 is 5.93. The van der Waals surface area contributed by atoms with Crippen molar-refractivity contribution in [2.75, 3.05) is 19.7 Å². The van der Waals surface area contributed by atoms with E-state index in [1.54, 1.807) is 6.07 Å². The zero-order chi connectivity index (χ0) is 14.8. The van der Waals surface area contributed by atoms with E-state index in [-0.39, 0.29) is 6.03 Å². The minimum absolute atomic E-state index is 0.142. The summed E-state index contributed by atoms with van der Waals surface area (Å²) < 4.78 is 5.53. The van der Waals surface area contributed by atoms with Gasteiger partial charge < -0.3 is 15.4 Å². The van der Waals surface area contributed by atoms with Gasteiger partial charge in [-0.05, 0) is 37.1 Å². The Labute approximate surface area is 125 Å². The quantitative estimate of drug-likeness (QED) is 0.722. The highest BCUT2D eigenvalue weighted by Gasteiger charge is 2.00. The molecule has 2 N–H and O–H groups in total. The van der Waals surface area contributed by atoms with Crippen LogP contribution >= 0.6 is 11.6 Å². The van der Waals surface area contributed by atoms with E-state index >= 15 is 0 Å². The fourth-order valence-corrected chi connectivity index (χ4v) is 1.80. The topological polar surface area (TPSA) is 50.4 Å². The van der Waals surface area contributed by atoms with Gasteiger partial charge in [0.05, 0.1) is 6.54 Å². The molecular weight excluding hydrogens is 276 g/mol. The molecule has 2 amide bonds. The number of urea groups is 1. The van der Waals surface area contributed by atoms with E-state index in [0.717, 1.165) is 42.1 Å². The molecule has 0 spiro atoms. The molecule has 20 heavy (non-hydrogen) atoms. The molecule has 5 heteroatoms. The Morgan fingerprint density at radius 3 is 2.70 bits per heavy atom. The lowest BCUT2D eigenvalue weighted by Gasteiger charge is -2.09. The van der Waals surface area contributed by atoms with Gasteiger partial charge in [0.2, 0.25) is 0 Å². The SMILES string of the molecule is CCCCCNC(=O)NCCOc1ccc(Cl)c(C)c1. The number of hydrogen-bond donors (Lipinski definition) is 2. The fourth-order valence-electron chi connectivity index (χ4n) is 1.68. The molecule has 4 nitrogen and oxygen atoms in total. The summed E-state index contributed by atoms with van der Waals surface area (Å²) in [4.78, 5) is 11.4. The Kier molecular flexibility index (Phi) is 7.88. The van der Waals surface area contributed by atoms with Crippen LogP contribution in [0, 0.1) is 6.92 Å². The lowest BCUT2D eigenvalue weighted by Crippen LogP contribution is -2.38. The Bertz CT molecular complexity index is 424. The Balaban J connectivity index is 2.12. The summed E-state index contributed by atoms with van der Waals surface area (Å²) in [5.41, 5.74) is 0.978. The number of halogens is 1. The zero-order valence-electron chi connectivity index (χ0n) is 12.2. The molecule has 0 aliphatic carbocycles. The van der Waals surface area contributed by atoms with Gasteiger partial charge in [-0.3, -0.25) is 0 Å². The molecule has 0 aromatic heterocycles. The van der Waals surface area contributed by atoms with Gasteiger partial charge in [0, 0.05) is 11.6 Å². The second-order valence-corrected chi connectivity index (χ2v) is 5.06. The van der Waals surface area contributed by atoms with Gasteiger partial charge >= 0.3 is 6.03 Å².